The first-order valence-corrected chi connectivity index (χ1v) is 6.04. The molecule has 2 saturated heterocycles. The van der Waals surface area contributed by atoms with E-state index in [4.69, 9.17) is 29.1 Å². The molecule has 2 rings (SSSR count). The van der Waals surface area contributed by atoms with E-state index in [1.54, 1.807) is 0 Å². The second-order valence-corrected chi connectivity index (χ2v) is 5.46. The molecule has 6 nitrogen and oxygen atoms in total. The highest BCUT2D eigenvalue weighted by atomic mass is 16.8. The summed E-state index contributed by atoms with van der Waals surface area (Å²) in [7, 11) is 1.45. The van der Waals surface area contributed by atoms with E-state index >= 15 is 0 Å². The smallest absolute Gasteiger partial charge is 0.213 e. The molecule has 2 aliphatic heterocycles. The van der Waals surface area contributed by atoms with Crippen molar-refractivity contribution < 1.29 is 23.7 Å². The van der Waals surface area contributed by atoms with Gasteiger partial charge >= 0.3 is 0 Å². The van der Waals surface area contributed by atoms with Crippen LogP contribution in [-0.2, 0) is 23.7 Å². The van der Waals surface area contributed by atoms with Crippen LogP contribution in [0.2, 0.25) is 0 Å². The van der Waals surface area contributed by atoms with Gasteiger partial charge in [-0.1, -0.05) is 0 Å². The van der Waals surface area contributed by atoms with E-state index in [0.29, 0.717) is 6.61 Å². The zero-order valence-corrected chi connectivity index (χ0v) is 11.5. The van der Waals surface area contributed by atoms with E-state index in [9.17, 15) is 0 Å². The molecule has 2 fully saturated rings. The van der Waals surface area contributed by atoms with Gasteiger partial charge in [-0.2, -0.15) is 0 Å². The molecule has 0 aromatic carbocycles. The zero-order valence-electron chi connectivity index (χ0n) is 11.5. The normalized spacial score (nSPS) is 37.7. The lowest BCUT2D eigenvalue weighted by Crippen LogP contribution is -2.42. The summed E-state index contributed by atoms with van der Waals surface area (Å²) >= 11 is 0. The maximum absolute atomic E-state index is 7.78. The van der Waals surface area contributed by atoms with Crippen molar-refractivity contribution in [3.63, 3.8) is 0 Å². The van der Waals surface area contributed by atoms with Crippen molar-refractivity contribution >= 4 is 5.90 Å². The van der Waals surface area contributed by atoms with Gasteiger partial charge in [0.1, 0.15) is 12.2 Å². The summed E-state index contributed by atoms with van der Waals surface area (Å²) in [5, 5.41) is 7.78. The molecule has 0 spiro atoms. The maximum atomic E-state index is 7.78. The summed E-state index contributed by atoms with van der Waals surface area (Å²) in [4.78, 5) is 0. The molecule has 0 aromatic rings. The first-order valence-electron chi connectivity index (χ1n) is 6.04. The molecule has 2 heterocycles. The summed E-state index contributed by atoms with van der Waals surface area (Å²) in [6.07, 6.45) is -1.22. The van der Waals surface area contributed by atoms with Gasteiger partial charge in [-0.25, -0.2) is 0 Å². The molecule has 0 saturated carbocycles. The molecule has 2 aliphatic rings. The molecule has 3 atom stereocenters. The number of methoxy groups -OCH3 is 1. The van der Waals surface area contributed by atoms with Gasteiger partial charge in [-0.05, 0) is 27.7 Å². The lowest BCUT2D eigenvalue weighted by atomic mass is 10.1. The van der Waals surface area contributed by atoms with Crippen LogP contribution in [0.3, 0.4) is 0 Å². The van der Waals surface area contributed by atoms with E-state index in [-0.39, 0.29) is 12.0 Å². The number of rotatable bonds is 2. The van der Waals surface area contributed by atoms with Gasteiger partial charge in [-0.15, -0.1) is 0 Å². The second kappa shape index (κ2) is 4.45. The molecule has 0 radical (unpaired) electrons. The molecule has 1 N–H and O–H groups in total. The number of hydrogen-bond acceptors (Lipinski definition) is 6. The van der Waals surface area contributed by atoms with Crippen LogP contribution in [-0.4, -0.2) is 49.5 Å². The Morgan fingerprint density at radius 1 is 1.11 bits per heavy atom. The molecular formula is C12H21NO5. The van der Waals surface area contributed by atoms with Gasteiger partial charge in [0.2, 0.25) is 5.90 Å². The number of nitrogens with one attached hydrogen (secondary N) is 1. The van der Waals surface area contributed by atoms with Crippen LogP contribution >= 0.6 is 0 Å². The average molecular weight is 259 g/mol. The topological polar surface area (TPSA) is 70.0 Å². The first kappa shape index (κ1) is 13.7. The van der Waals surface area contributed by atoms with Crippen LogP contribution in [0, 0.1) is 5.41 Å². The SMILES string of the molecule is COC(=N)C1OC(C)(C)OC1C1COC(C)(C)O1. The Bertz CT molecular complexity index is 341. The standard InChI is InChI=1S/C12H21NO5/c1-11(2)15-6-7(16-11)8-9(10(13)14-5)18-12(3,4)17-8/h7-9,13H,6H2,1-5H3. The predicted octanol–water partition coefficient (Wildman–Crippen LogP) is 1.28. The Labute approximate surface area is 107 Å². The third kappa shape index (κ3) is 2.66. The zero-order chi connectivity index (χ0) is 13.6. The minimum atomic E-state index is -0.754. The third-order valence-electron chi connectivity index (χ3n) is 3.00. The van der Waals surface area contributed by atoms with Gasteiger partial charge < -0.3 is 23.7 Å². The molecule has 0 amide bonds. The summed E-state index contributed by atoms with van der Waals surface area (Å²) in [5.74, 6) is -1.34. The van der Waals surface area contributed by atoms with Crippen LogP contribution in [0.15, 0.2) is 0 Å². The minimum Gasteiger partial charge on any atom is -0.483 e. The van der Waals surface area contributed by atoms with Gasteiger partial charge in [-0.3, -0.25) is 5.41 Å². The maximum Gasteiger partial charge on any atom is 0.213 e. The molecule has 3 unspecified atom stereocenters. The Hall–Kier alpha value is -0.690. The number of hydrogen-bond donors (Lipinski definition) is 1. The van der Waals surface area contributed by atoms with Gasteiger partial charge in [0, 0.05) is 0 Å². The van der Waals surface area contributed by atoms with E-state index in [1.165, 1.54) is 7.11 Å². The van der Waals surface area contributed by atoms with Crippen LogP contribution in [0.4, 0.5) is 0 Å². The van der Waals surface area contributed by atoms with Crippen LogP contribution in [0.5, 0.6) is 0 Å². The third-order valence-corrected chi connectivity index (χ3v) is 3.00. The quantitative estimate of drug-likeness (QED) is 0.597. The van der Waals surface area contributed by atoms with Gasteiger partial charge in [0.05, 0.1) is 13.7 Å². The highest BCUT2D eigenvalue weighted by Gasteiger charge is 2.51. The Balaban J connectivity index is 2.12. The van der Waals surface area contributed by atoms with Gasteiger partial charge in [0.25, 0.3) is 0 Å². The summed E-state index contributed by atoms with van der Waals surface area (Å²) in [5.41, 5.74) is 0. The molecular weight excluding hydrogens is 238 g/mol. The first-order chi connectivity index (χ1) is 8.24. The number of ether oxygens (including phenoxy) is 5. The van der Waals surface area contributed by atoms with Crippen LogP contribution < -0.4 is 0 Å². The molecule has 104 valence electrons. The van der Waals surface area contributed by atoms with E-state index in [0.717, 1.165) is 0 Å². The second-order valence-electron chi connectivity index (χ2n) is 5.46. The largest absolute Gasteiger partial charge is 0.483 e. The summed E-state index contributed by atoms with van der Waals surface area (Å²) in [6.45, 7) is 7.74. The Morgan fingerprint density at radius 2 is 1.78 bits per heavy atom. The van der Waals surface area contributed by atoms with Crippen molar-refractivity contribution in [3.8, 4) is 0 Å². The fourth-order valence-electron chi connectivity index (χ4n) is 2.26. The minimum absolute atomic E-state index is 0.0406. The van der Waals surface area contributed by atoms with E-state index in [1.807, 2.05) is 27.7 Å². The molecule has 0 aromatic heterocycles. The highest BCUT2D eigenvalue weighted by molar-refractivity contribution is 5.78. The summed E-state index contributed by atoms with van der Waals surface area (Å²) < 4.78 is 27.7. The van der Waals surface area contributed by atoms with Gasteiger partial charge in [0.15, 0.2) is 17.7 Å². The fraction of sp³-hybridized carbons (Fsp3) is 0.917. The average Bonchev–Trinajstić information content (AvgIpc) is 2.77. The van der Waals surface area contributed by atoms with E-state index in [2.05, 4.69) is 0 Å². The Morgan fingerprint density at radius 3 is 2.28 bits per heavy atom. The molecule has 18 heavy (non-hydrogen) atoms. The van der Waals surface area contributed by atoms with Crippen LogP contribution in [0.1, 0.15) is 27.7 Å². The fourth-order valence-corrected chi connectivity index (χ4v) is 2.26. The van der Waals surface area contributed by atoms with E-state index < -0.39 is 23.8 Å². The lowest BCUT2D eigenvalue weighted by molar-refractivity contribution is -0.174. The molecule has 0 aliphatic carbocycles. The van der Waals surface area contributed by atoms with Crippen molar-refractivity contribution in [2.75, 3.05) is 13.7 Å². The van der Waals surface area contributed by atoms with Crippen molar-refractivity contribution in [2.24, 2.45) is 0 Å². The van der Waals surface area contributed by atoms with Crippen molar-refractivity contribution in [1.29, 1.82) is 5.41 Å². The van der Waals surface area contributed by atoms with Crippen molar-refractivity contribution in [3.05, 3.63) is 0 Å². The highest BCUT2D eigenvalue weighted by Crippen LogP contribution is 2.35. The Kier molecular flexibility index (Phi) is 3.40. The lowest BCUT2D eigenvalue weighted by Gasteiger charge is -2.23. The molecule has 0 bridgehead atoms. The summed E-state index contributed by atoms with van der Waals surface area (Å²) in [6, 6.07) is 0. The van der Waals surface area contributed by atoms with Crippen molar-refractivity contribution in [2.45, 2.75) is 57.6 Å². The molecule has 6 heteroatoms. The monoisotopic (exact) mass is 259 g/mol. The van der Waals surface area contributed by atoms with Crippen LogP contribution in [0.25, 0.3) is 0 Å². The predicted molar refractivity (Wildman–Crippen MR) is 63.5 cm³/mol. The van der Waals surface area contributed by atoms with Crippen molar-refractivity contribution in [1.82, 2.24) is 0 Å².